The molecule has 23 heavy (non-hydrogen) atoms. The molecule has 0 unspecified atom stereocenters. The normalized spacial score (nSPS) is 16.6. The number of nitrogens with one attached hydrogen (secondary N) is 1. The van der Waals surface area contributed by atoms with E-state index in [1.54, 1.807) is 0 Å². The second-order valence-corrected chi connectivity index (χ2v) is 6.03. The van der Waals surface area contributed by atoms with Crippen molar-refractivity contribution < 1.29 is 0 Å². The third kappa shape index (κ3) is 5.06. The number of hydrogen-bond donors (Lipinski definition) is 2. The van der Waals surface area contributed by atoms with Gasteiger partial charge < -0.3 is 11.1 Å². The van der Waals surface area contributed by atoms with Gasteiger partial charge in [0.05, 0.1) is 12.1 Å². The number of hydrogen-bond acceptors (Lipinski definition) is 2. The Morgan fingerprint density at radius 3 is 2.65 bits per heavy atom. The minimum absolute atomic E-state index is 0. The zero-order valence-corrected chi connectivity index (χ0v) is 15.7. The predicted molar refractivity (Wildman–Crippen MR) is 107 cm³/mol. The van der Waals surface area contributed by atoms with Crippen LogP contribution in [0.5, 0.6) is 0 Å². The van der Waals surface area contributed by atoms with E-state index >= 15 is 0 Å². The lowest BCUT2D eigenvalue weighted by Gasteiger charge is -2.16. The molecule has 1 aliphatic carbocycles. The third-order valence-corrected chi connectivity index (χ3v) is 4.34. The molecule has 1 aromatic carbocycles. The molecular weight excluding hydrogens is 399 g/mol. The molecular formula is C18H25IN4. The number of halogens is 1. The molecule has 0 amide bonds. The molecule has 5 heteroatoms. The summed E-state index contributed by atoms with van der Waals surface area (Å²) in [7, 11) is 0. The maximum Gasteiger partial charge on any atom is 0.189 e. The van der Waals surface area contributed by atoms with Crippen molar-refractivity contribution in [3.8, 4) is 0 Å². The van der Waals surface area contributed by atoms with Gasteiger partial charge in [-0.25, -0.2) is 4.99 Å². The Kier molecular flexibility index (Phi) is 7.08. The number of aromatic nitrogens is 1. The first-order valence-corrected chi connectivity index (χ1v) is 8.22. The summed E-state index contributed by atoms with van der Waals surface area (Å²) in [5.74, 6) is 0.555. The van der Waals surface area contributed by atoms with Gasteiger partial charge in [0.25, 0.3) is 0 Å². The van der Waals surface area contributed by atoms with Crippen LogP contribution in [0.4, 0.5) is 0 Å². The number of nitrogens with zero attached hydrogens (tertiary/aromatic N) is 2. The lowest BCUT2D eigenvalue weighted by Crippen LogP contribution is -2.39. The van der Waals surface area contributed by atoms with Crippen molar-refractivity contribution in [3.63, 3.8) is 0 Å². The van der Waals surface area contributed by atoms with Gasteiger partial charge in [0.1, 0.15) is 0 Å². The van der Waals surface area contributed by atoms with Crippen LogP contribution in [0.3, 0.4) is 0 Å². The fraction of sp³-hybridized carbons (Fsp3) is 0.444. The van der Waals surface area contributed by atoms with Crippen LogP contribution in [0.15, 0.2) is 41.5 Å². The highest BCUT2D eigenvalue weighted by Gasteiger charge is 2.12. The molecule has 1 aromatic heterocycles. The van der Waals surface area contributed by atoms with Gasteiger partial charge in [-0.15, -0.1) is 24.0 Å². The quantitative estimate of drug-likeness (QED) is 0.339. The molecule has 0 saturated heterocycles. The molecule has 4 nitrogen and oxygen atoms in total. The maximum absolute atomic E-state index is 6.07. The summed E-state index contributed by atoms with van der Waals surface area (Å²) in [5.41, 5.74) is 8.19. The van der Waals surface area contributed by atoms with E-state index in [2.05, 4.69) is 33.5 Å². The Bertz CT molecular complexity index is 643. The number of para-hydroxylation sites is 1. The first kappa shape index (κ1) is 18.0. The van der Waals surface area contributed by atoms with Gasteiger partial charge in [0, 0.05) is 17.6 Å². The highest BCUT2D eigenvalue weighted by atomic mass is 127. The first-order valence-electron chi connectivity index (χ1n) is 8.22. The molecule has 0 bridgehead atoms. The van der Waals surface area contributed by atoms with Crippen LogP contribution in [0.25, 0.3) is 10.9 Å². The summed E-state index contributed by atoms with van der Waals surface area (Å²) in [6.45, 7) is 0.569. The van der Waals surface area contributed by atoms with E-state index in [9.17, 15) is 0 Å². The average molecular weight is 424 g/mol. The summed E-state index contributed by atoms with van der Waals surface area (Å²) >= 11 is 0. The SMILES string of the molecule is I.NC(=NCc1cccc2cccnc12)NC1CCCCCC1. The van der Waals surface area contributed by atoms with Crippen molar-refractivity contribution >= 4 is 40.8 Å². The van der Waals surface area contributed by atoms with Crippen molar-refractivity contribution in [2.45, 2.75) is 51.1 Å². The van der Waals surface area contributed by atoms with Crippen molar-refractivity contribution in [1.82, 2.24) is 10.3 Å². The van der Waals surface area contributed by atoms with E-state index in [1.807, 2.05) is 18.3 Å². The second-order valence-electron chi connectivity index (χ2n) is 6.03. The molecule has 0 atom stereocenters. The minimum atomic E-state index is 0. The number of rotatable bonds is 3. The standard InChI is InChI=1S/C18H24N4.HI/c19-18(22-16-10-3-1-2-4-11-16)21-13-15-8-5-7-14-9-6-12-20-17(14)15;/h5-9,12,16H,1-4,10-11,13H2,(H3,19,21,22);1H. The predicted octanol–water partition coefficient (Wildman–Crippen LogP) is 3.98. The average Bonchev–Trinajstić information content (AvgIpc) is 2.81. The van der Waals surface area contributed by atoms with E-state index in [-0.39, 0.29) is 24.0 Å². The van der Waals surface area contributed by atoms with Crippen LogP contribution >= 0.6 is 24.0 Å². The van der Waals surface area contributed by atoms with Gasteiger partial charge >= 0.3 is 0 Å². The number of benzene rings is 1. The summed E-state index contributed by atoms with van der Waals surface area (Å²) in [4.78, 5) is 8.97. The van der Waals surface area contributed by atoms with Crippen molar-refractivity contribution in [3.05, 3.63) is 42.1 Å². The Balaban J connectivity index is 0.00000192. The number of pyridine rings is 1. The Hall–Kier alpha value is -1.37. The van der Waals surface area contributed by atoms with E-state index in [4.69, 9.17) is 5.73 Å². The molecule has 124 valence electrons. The first-order chi connectivity index (χ1) is 10.8. The number of fused-ring (bicyclic) bond motifs is 1. The molecule has 3 N–H and O–H groups in total. The molecule has 0 aliphatic heterocycles. The highest BCUT2D eigenvalue weighted by molar-refractivity contribution is 14.0. The van der Waals surface area contributed by atoms with Gasteiger partial charge in [-0.3, -0.25) is 4.98 Å². The zero-order chi connectivity index (χ0) is 15.2. The molecule has 1 fully saturated rings. The van der Waals surface area contributed by atoms with Gasteiger partial charge in [0.2, 0.25) is 0 Å². The smallest absolute Gasteiger partial charge is 0.189 e. The van der Waals surface area contributed by atoms with Crippen LogP contribution in [-0.2, 0) is 6.54 Å². The lowest BCUT2D eigenvalue weighted by atomic mass is 10.1. The van der Waals surface area contributed by atoms with Crippen molar-refractivity contribution in [2.24, 2.45) is 10.7 Å². The molecule has 2 aromatic rings. The Morgan fingerprint density at radius 2 is 1.87 bits per heavy atom. The fourth-order valence-electron chi connectivity index (χ4n) is 3.14. The van der Waals surface area contributed by atoms with Crippen LogP contribution in [0.2, 0.25) is 0 Å². The summed E-state index contributed by atoms with van der Waals surface area (Å²) in [6, 6.07) is 10.7. The molecule has 0 radical (unpaired) electrons. The van der Waals surface area contributed by atoms with Crippen molar-refractivity contribution in [2.75, 3.05) is 0 Å². The Labute approximate surface area is 155 Å². The van der Waals surface area contributed by atoms with Crippen LogP contribution in [0.1, 0.15) is 44.1 Å². The van der Waals surface area contributed by atoms with Crippen LogP contribution in [0, 0.1) is 0 Å². The minimum Gasteiger partial charge on any atom is -0.370 e. The highest BCUT2D eigenvalue weighted by Crippen LogP contribution is 2.18. The summed E-state index contributed by atoms with van der Waals surface area (Å²) in [5, 5.41) is 4.53. The van der Waals surface area contributed by atoms with Gasteiger partial charge in [0.15, 0.2) is 5.96 Å². The van der Waals surface area contributed by atoms with Gasteiger partial charge in [-0.1, -0.05) is 49.9 Å². The largest absolute Gasteiger partial charge is 0.370 e. The van der Waals surface area contributed by atoms with Gasteiger partial charge in [-0.05, 0) is 24.5 Å². The molecule has 1 heterocycles. The zero-order valence-electron chi connectivity index (χ0n) is 13.4. The monoisotopic (exact) mass is 424 g/mol. The number of guanidine groups is 1. The molecule has 3 rings (SSSR count). The fourth-order valence-corrected chi connectivity index (χ4v) is 3.14. The molecule has 1 saturated carbocycles. The van der Waals surface area contributed by atoms with E-state index in [0.29, 0.717) is 18.5 Å². The topological polar surface area (TPSA) is 63.3 Å². The Morgan fingerprint density at radius 1 is 1.13 bits per heavy atom. The number of nitrogens with two attached hydrogens (primary N) is 1. The second kappa shape index (κ2) is 9.05. The summed E-state index contributed by atoms with van der Waals surface area (Å²) < 4.78 is 0. The van der Waals surface area contributed by atoms with Crippen LogP contribution < -0.4 is 11.1 Å². The summed E-state index contributed by atoms with van der Waals surface area (Å²) in [6.07, 6.45) is 9.49. The van der Waals surface area contributed by atoms with Gasteiger partial charge in [-0.2, -0.15) is 0 Å². The van der Waals surface area contributed by atoms with Crippen molar-refractivity contribution in [1.29, 1.82) is 0 Å². The lowest BCUT2D eigenvalue weighted by molar-refractivity contribution is 0.530. The number of aliphatic imine (C=N–C) groups is 1. The van der Waals surface area contributed by atoms with Crippen LogP contribution in [-0.4, -0.2) is 17.0 Å². The van der Waals surface area contributed by atoms with E-state index in [0.717, 1.165) is 16.5 Å². The molecule has 0 spiro atoms. The maximum atomic E-state index is 6.07. The third-order valence-electron chi connectivity index (χ3n) is 4.34. The van der Waals surface area contributed by atoms with E-state index in [1.165, 1.54) is 38.5 Å². The molecule has 1 aliphatic rings. The van der Waals surface area contributed by atoms with E-state index < -0.39 is 0 Å².